The second-order valence-corrected chi connectivity index (χ2v) is 11.3. The molecule has 43 heavy (non-hydrogen) atoms. The van der Waals surface area contributed by atoms with Gasteiger partial charge in [0.15, 0.2) is 18.7 Å². The topological polar surface area (TPSA) is 185 Å². The van der Waals surface area contributed by atoms with Gasteiger partial charge >= 0.3 is 5.97 Å². The molecule has 0 saturated carbocycles. The second-order valence-electron chi connectivity index (χ2n) is 11.3. The van der Waals surface area contributed by atoms with Gasteiger partial charge in [-0.25, -0.2) is 4.79 Å². The SMILES string of the molecule is C=CC(C)(CCC=C(C)C)OC1OC(CO)C(OC(=O)/C=C/c2ccc(O)cc2)C(OC2OC(C)C(O)C(O)C2O)C1O. The third kappa shape index (κ3) is 9.17. The van der Waals surface area contributed by atoms with E-state index in [-0.39, 0.29) is 5.75 Å². The average molecular weight is 609 g/mol. The highest BCUT2D eigenvalue weighted by molar-refractivity contribution is 5.87. The van der Waals surface area contributed by atoms with Crippen LogP contribution in [-0.2, 0) is 28.5 Å². The summed E-state index contributed by atoms with van der Waals surface area (Å²) in [5, 5.41) is 62.1. The van der Waals surface area contributed by atoms with Gasteiger partial charge in [-0.15, -0.1) is 6.58 Å². The lowest BCUT2D eigenvalue weighted by Crippen LogP contribution is -2.65. The fourth-order valence-corrected chi connectivity index (χ4v) is 4.76. The molecular weight excluding hydrogens is 564 g/mol. The lowest BCUT2D eigenvalue weighted by Gasteiger charge is -2.47. The second kappa shape index (κ2) is 15.4. The van der Waals surface area contributed by atoms with Gasteiger partial charge in [0.25, 0.3) is 0 Å². The average Bonchev–Trinajstić information content (AvgIpc) is 2.97. The Morgan fingerprint density at radius 2 is 1.67 bits per heavy atom. The van der Waals surface area contributed by atoms with Crippen LogP contribution in [0, 0.1) is 0 Å². The summed E-state index contributed by atoms with van der Waals surface area (Å²) in [4.78, 5) is 12.9. The summed E-state index contributed by atoms with van der Waals surface area (Å²) in [6, 6.07) is 6.04. The molecule has 2 aliphatic heterocycles. The molecule has 240 valence electrons. The number of ether oxygens (including phenoxy) is 5. The maximum Gasteiger partial charge on any atom is 0.331 e. The number of rotatable bonds is 12. The monoisotopic (exact) mass is 608 g/mol. The van der Waals surface area contributed by atoms with Crippen molar-refractivity contribution in [3.8, 4) is 5.75 Å². The van der Waals surface area contributed by atoms with E-state index in [0.29, 0.717) is 18.4 Å². The summed E-state index contributed by atoms with van der Waals surface area (Å²) in [5.74, 6) is -0.814. The minimum Gasteiger partial charge on any atom is -0.508 e. The van der Waals surface area contributed by atoms with Gasteiger partial charge < -0.3 is 54.3 Å². The van der Waals surface area contributed by atoms with Crippen molar-refractivity contribution in [1.82, 2.24) is 0 Å². The predicted octanol–water partition coefficient (Wildman–Crippen LogP) is 1.32. The molecule has 2 fully saturated rings. The lowest BCUT2D eigenvalue weighted by molar-refractivity contribution is -0.364. The Morgan fingerprint density at radius 3 is 2.28 bits per heavy atom. The molecule has 2 aliphatic rings. The first-order valence-corrected chi connectivity index (χ1v) is 14.2. The molecule has 1 aromatic rings. The van der Waals surface area contributed by atoms with Crippen molar-refractivity contribution in [2.75, 3.05) is 6.61 Å². The van der Waals surface area contributed by atoms with Crippen molar-refractivity contribution in [3.05, 3.63) is 60.2 Å². The van der Waals surface area contributed by atoms with Gasteiger partial charge in [-0.2, -0.15) is 0 Å². The highest BCUT2D eigenvalue weighted by Crippen LogP contribution is 2.34. The number of carbonyl (C=O) groups excluding carboxylic acids is 1. The van der Waals surface area contributed by atoms with E-state index in [1.807, 2.05) is 19.9 Å². The van der Waals surface area contributed by atoms with Crippen molar-refractivity contribution in [2.45, 2.75) is 108 Å². The largest absolute Gasteiger partial charge is 0.508 e. The van der Waals surface area contributed by atoms with Crippen LogP contribution in [0.25, 0.3) is 6.08 Å². The Morgan fingerprint density at radius 1 is 1.00 bits per heavy atom. The number of phenols is 1. The number of aromatic hydroxyl groups is 1. The summed E-state index contributed by atoms with van der Waals surface area (Å²) in [7, 11) is 0. The van der Waals surface area contributed by atoms with Gasteiger partial charge in [0.1, 0.15) is 42.4 Å². The molecule has 2 saturated heterocycles. The number of phenolic OH excluding ortho intramolecular Hbond substituents is 1. The highest BCUT2D eigenvalue weighted by atomic mass is 16.7. The summed E-state index contributed by atoms with van der Waals surface area (Å²) < 4.78 is 29.1. The number of hydrogen-bond donors (Lipinski definition) is 6. The first-order chi connectivity index (χ1) is 20.3. The molecule has 0 radical (unpaired) electrons. The first kappa shape index (κ1) is 34.8. The van der Waals surface area contributed by atoms with Gasteiger partial charge in [-0.1, -0.05) is 29.9 Å². The van der Waals surface area contributed by atoms with Crippen LogP contribution in [0.15, 0.2) is 54.6 Å². The number of benzene rings is 1. The standard InChI is InChI=1S/C31H44O12/c1-6-31(5,15-7-8-17(2)3)43-30-26(38)28(42-29-25(37)24(36)23(35)18(4)39-29)27(21(16-32)40-30)41-22(34)14-11-19-9-12-20(33)13-10-19/h6,8-14,18,21,23-30,32-33,35-38H,1,7,15-16H2,2-5H3/b14-11+. The molecule has 12 nitrogen and oxygen atoms in total. The molecule has 6 N–H and O–H groups in total. The fourth-order valence-electron chi connectivity index (χ4n) is 4.76. The maximum atomic E-state index is 12.9. The molecule has 11 unspecified atom stereocenters. The predicted molar refractivity (Wildman–Crippen MR) is 154 cm³/mol. The van der Waals surface area contributed by atoms with Crippen LogP contribution in [0.3, 0.4) is 0 Å². The van der Waals surface area contributed by atoms with Crippen molar-refractivity contribution in [3.63, 3.8) is 0 Å². The number of hydrogen-bond acceptors (Lipinski definition) is 12. The zero-order chi connectivity index (χ0) is 31.9. The van der Waals surface area contributed by atoms with Gasteiger partial charge in [-0.3, -0.25) is 0 Å². The van der Waals surface area contributed by atoms with Crippen LogP contribution in [-0.4, -0.2) is 110 Å². The van der Waals surface area contributed by atoms with Crippen LogP contribution in [0.1, 0.15) is 46.1 Å². The Hall–Kier alpha value is -2.65. The van der Waals surface area contributed by atoms with Gasteiger partial charge in [0.2, 0.25) is 0 Å². The molecule has 0 aromatic heterocycles. The quantitative estimate of drug-likeness (QED) is 0.114. The molecule has 0 amide bonds. The smallest absolute Gasteiger partial charge is 0.331 e. The third-order valence-electron chi connectivity index (χ3n) is 7.46. The fraction of sp³-hybridized carbons (Fsp3) is 0.581. The van der Waals surface area contributed by atoms with Crippen LogP contribution >= 0.6 is 0 Å². The maximum absolute atomic E-state index is 12.9. The number of allylic oxidation sites excluding steroid dienone is 2. The summed E-state index contributed by atoms with van der Waals surface area (Å²) in [6.45, 7) is 10.3. The molecule has 3 rings (SSSR count). The highest BCUT2D eigenvalue weighted by Gasteiger charge is 2.53. The Labute approximate surface area is 251 Å². The van der Waals surface area contributed by atoms with Gasteiger partial charge in [-0.05, 0) is 64.3 Å². The minimum atomic E-state index is -1.72. The number of esters is 1. The molecule has 11 atom stereocenters. The van der Waals surface area contributed by atoms with Crippen LogP contribution in [0.4, 0.5) is 0 Å². The van der Waals surface area contributed by atoms with E-state index in [9.17, 15) is 35.4 Å². The van der Waals surface area contributed by atoms with Crippen LogP contribution in [0.2, 0.25) is 0 Å². The van der Waals surface area contributed by atoms with E-state index < -0.39 is 79.6 Å². The van der Waals surface area contributed by atoms with Crippen molar-refractivity contribution in [2.24, 2.45) is 0 Å². The molecule has 1 aromatic carbocycles. The van der Waals surface area contributed by atoms with Crippen molar-refractivity contribution < 1.29 is 59.1 Å². The first-order valence-electron chi connectivity index (χ1n) is 14.2. The Bertz CT molecular complexity index is 1120. The van der Waals surface area contributed by atoms with Crippen LogP contribution < -0.4 is 0 Å². The van der Waals surface area contributed by atoms with Crippen LogP contribution in [0.5, 0.6) is 5.75 Å². The van der Waals surface area contributed by atoms with E-state index in [2.05, 4.69) is 6.58 Å². The number of aliphatic hydroxyl groups excluding tert-OH is 5. The zero-order valence-corrected chi connectivity index (χ0v) is 24.9. The van der Waals surface area contributed by atoms with E-state index in [0.717, 1.165) is 11.6 Å². The Kier molecular flexibility index (Phi) is 12.5. The summed E-state index contributed by atoms with van der Waals surface area (Å²) >= 11 is 0. The minimum absolute atomic E-state index is 0.0548. The number of carbonyl (C=O) groups is 1. The molecule has 0 bridgehead atoms. The summed E-state index contributed by atoms with van der Waals surface area (Å²) in [5.41, 5.74) is 0.728. The molecule has 12 heteroatoms. The van der Waals surface area contributed by atoms with E-state index in [4.69, 9.17) is 23.7 Å². The third-order valence-corrected chi connectivity index (χ3v) is 7.46. The Balaban J connectivity index is 1.88. The van der Waals surface area contributed by atoms with E-state index >= 15 is 0 Å². The van der Waals surface area contributed by atoms with Crippen molar-refractivity contribution in [1.29, 1.82) is 0 Å². The van der Waals surface area contributed by atoms with Gasteiger partial charge in [0.05, 0.1) is 18.3 Å². The lowest BCUT2D eigenvalue weighted by atomic mass is 9.95. The zero-order valence-electron chi connectivity index (χ0n) is 24.9. The molecule has 0 spiro atoms. The number of aliphatic hydroxyl groups is 5. The normalized spacial score (nSPS) is 34.3. The van der Waals surface area contributed by atoms with E-state index in [1.165, 1.54) is 25.1 Å². The molecule has 0 aliphatic carbocycles. The molecular formula is C31H44O12. The van der Waals surface area contributed by atoms with E-state index in [1.54, 1.807) is 25.1 Å². The van der Waals surface area contributed by atoms with Gasteiger partial charge in [0, 0.05) is 6.08 Å². The molecule has 2 heterocycles. The van der Waals surface area contributed by atoms with Crippen molar-refractivity contribution >= 4 is 12.0 Å². The summed E-state index contributed by atoms with van der Waals surface area (Å²) in [6.07, 6.45) is -7.17.